The number of likely N-dealkylation sites (N-methyl/N-ethyl adjacent to an activating group) is 1. The lowest BCUT2D eigenvalue weighted by Gasteiger charge is -2.44. The van der Waals surface area contributed by atoms with Gasteiger partial charge < -0.3 is 29.3 Å². The third-order valence-corrected chi connectivity index (χ3v) is 8.78. The van der Waals surface area contributed by atoms with Gasteiger partial charge >= 0.3 is 12.1 Å². The van der Waals surface area contributed by atoms with Crippen LogP contribution in [0.4, 0.5) is 10.6 Å². The molecule has 1 N–H and O–H groups in total. The van der Waals surface area contributed by atoms with Crippen LogP contribution in [0.25, 0.3) is 0 Å². The minimum Gasteiger partial charge on any atom is -0.466 e. The fourth-order valence-electron chi connectivity index (χ4n) is 6.66. The van der Waals surface area contributed by atoms with E-state index in [1.54, 1.807) is 0 Å². The minimum absolute atomic E-state index is 0.0102. The van der Waals surface area contributed by atoms with E-state index >= 15 is 0 Å². The zero-order valence-corrected chi connectivity index (χ0v) is 21.9. The first kappa shape index (κ1) is 24.3. The Morgan fingerprint density at radius 3 is 2.81 bits per heavy atom. The highest BCUT2D eigenvalue weighted by Crippen LogP contribution is 2.48. The van der Waals surface area contributed by atoms with Gasteiger partial charge in [-0.25, -0.2) is 4.79 Å². The van der Waals surface area contributed by atoms with Crippen LogP contribution in [0, 0.1) is 0 Å². The number of likely N-dealkylation sites (tertiary alicyclic amines) is 1. The molecule has 0 saturated carbocycles. The highest BCUT2D eigenvalue weighted by molar-refractivity contribution is 5.66. The van der Waals surface area contributed by atoms with Gasteiger partial charge in [-0.1, -0.05) is 24.3 Å². The lowest BCUT2D eigenvalue weighted by molar-refractivity contribution is 0.0189. The zero-order valence-electron chi connectivity index (χ0n) is 21.9. The van der Waals surface area contributed by atoms with Crippen LogP contribution >= 0.6 is 0 Å². The molecule has 1 aliphatic carbocycles. The SMILES string of the molecule is C[C@H]1CN(C(=O)O)CCN1c1nc(OC[C@@H]2CCCN2C)nc2c1CCC1(CCCc3ccccc31)O2. The molecule has 2 fully saturated rings. The van der Waals surface area contributed by atoms with E-state index in [0.29, 0.717) is 44.2 Å². The number of aromatic nitrogens is 2. The number of piperazine rings is 1. The summed E-state index contributed by atoms with van der Waals surface area (Å²) in [4.78, 5) is 27.4. The Morgan fingerprint density at radius 2 is 2.03 bits per heavy atom. The van der Waals surface area contributed by atoms with Gasteiger partial charge in [0.25, 0.3) is 0 Å². The van der Waals surface area contributed by atoms with Gasteiger partial charge in [0, 0.05) is 31.7 Å². The molecular formula is C28H37N5O4. The van der Waals surface area contributed by atoms with Crippen LogP contribution in [0.1, 0.15) is 55.7 Å². The molecule has 4 heterocycles. The number of carbonyl (C=O) groups is 1. The molecule has 0 radical (unpaired) electrons. The summed E-state index contributed by atoms with van der Waals surface area (Å²) in [5.74, 6) is 1.45. The molecule has 1 aromatic carbocycles. The van der Waals surface area contributed by atoms with Crippen molar-refractivity contribution in [2.75, 3.05) is 44.7 Å². The molecule has 198 valence electrons. The number of benzene rings is 1. The van der Waals surface area contributed by atoms with Crippen molar-refractivity contribution in [3.63, 3.8) is 0 Å². The Bertz CT molecular complexity index is 1180. The number of ether oxygens (including phenoxy) is 2. The van der Waals surface area contributed by atoms with Crippen molar-refractivity contribution in [2.45, 2.75) is 69.6 Å². The topological polar surface area (TPSA) is 91.3 Å². The number of aryl methyl sites for hydroxylation is 1. The fourth-order valence-corrected chi connectivity index (χ4v) is 6.66. The summed E-state index contributed by atoms with van der Waals surface area (Å²) in [7, 11) is 2.14. The molecule has 1 unspecified atom stereocenters. The highest BCUT2D eigenvalue weighted by Gasteiger charge is 2.44. The molecule has 3 atom stereocenters. The fraction of sp³-hybridized carbons (Fsp3) is 0.607. The molecule has 0 bridgehead atoms. The Hall–Kier alpha value is -3.07. The Labute approximate surface area is 218 Å². The highest BCUT2D eigenvalue weighted by atomic mass is 16.5. The predicted molar refractivity (Wildman–Crippen MR) is 140 cm³/mol. The molecule has 2 aromatic rings. The van der Waals surface area contributed by atoms with Gasteiger partial charge in [0.2, 0.25) is 5.88 Å². The number of fused-ring (bicyclic) bond motifs is 3. The van der Waals surface area contributed by atoms with E-state index < -0.39 is 6.09 Å². The van der Waals surface area contributed by atoms with Gasteiger partial charge in [-0.2, -0.15) is 9.97 Å². The van der Waals surface area contributed by atoms with Crippen molar-refractivity contribution in [1.29, 1.82) is 0 Å². The van der Waals surface area contributed by atoms with Crippen molar-refractivity contribution >= 4 is 11.9 Å². The zero-order chi connectivity index (χ0) is 25.6. The average molecular weight is 508 g/mol. The molecule has 4 aliphatic rings. The third kappa shape index (κ3) is 4.47. The van der Waals surface area contributed by atoms with Crippen LogP contribution in [0.5, 0.6) is 11.9 Å². The molecule has 9 nitrogen and oxygen atoms in total. The van der Waals surface area contributed by atoms with E-state index in [0.717, 1.165) is 56.5 Å². The first-order valence-electron chi connectivity index (χ1n) is 13.7. The van der Waals surface area contributed by atoms with Crippen molar-refractivity contribution in [3.8, 4) is 11.9 Å². The molecule has 9 heteroatoms. The minimum atomic E-state index is -0.873. The second kappa shape index (κ2) is 9.67. The maximum atomic E-state index is 11.6. The quantitative estimate of drug-likeness (QED) is 0.670. The van der Waals surface area contributed by atoms with Crippen molar-refractivity contribution in [1.82, 2.24) is 19.8 Å². The van der Waals surface area contributed by atoms with Crippen LogP contribution in [-0.4, -0.2) is 82.9 Å². The van der Waals surface area contributed by atoms with Gasteiger partial charge in [0.05, 0.1) is 5.56 Å². The lowest BCUT2D eigenvalue weighted by atomic mass is 9.75. The first-order valence-corrected chi connectivity index (χ1v) is 13.7. The maximum absolute atomic E-state index is 11.6. The van der Waals surface area contributed by atoms with E-state index in [4.69, 9.17) is 19.4 Å². The van der Waals surface area contributed by atoms with Crippen LogP contribution < -0.4 is 14.4 Å². The van der Waals surface area contributed by atoms with Crippen molar-refractivity contribution in [3.05, 3.63) is 41.0 Å². The van der Waals surface area contributed by atoms with Crippen LogP contribution in [0.15, 0.2) is 24.3 Å². The molecule has 2 saturated heterocycles. The number of carboxylic acid groups (broad SMARTS) is 1. The third-order valence-electron chi connectivity index (χ3n) is 8.78. The summed E-state index contributed by atoms with van der Waals surface area (Å²) in [5, 5.41) is 9.50. The number of nitrogens with zero attached hydrogens (tertiary/aromatic N) is 5. The normalized spacial score (nSPS) is 27.5. The summed E-state index contributed by atoms with van der Waals surface area (Å²) >= 11 is 0. The summed E-state index contributed by atoms with van der Waals surface area (Å²) < 4.78 is 13.1. The Kier molecular flexibility index (Phi) is 6.34. The lowest BCUT2D eigenvalue weighted by Crippen LogP contribution is -2.54. The molecule has 6 rings (SSSR count). The van der Waals surface area contributed by atoms with Crippen LogP contribution in [0.3, 0.4) is 0 Å². The van der Waals surface area contributed by atoms with Crippen LogP contribution in [-0.2, 0) is 18.4 Å². The Balaban J connectivity index is 1.34. The second-order valence-electron chi connectivity index (χ2n) is 11.1. The summed E-state index contributed by atoms with van der Waals surface area (Å²) in [6.45, 7) is 5.15. The van der Waals surface area contributed by atoms with Gasteiger partial charge in [-0.3, -0.25) is 0 Å². The van der Waals surface area contributed by atoms with Crippen molar-refractivity contribution < 1.29 is 19.4 Å². The van der Waals surface area contributed by atoms with E-state index in [1.165, 1.54) is 22.4 Å². The maximum Gasteiger partial charge on any atom is 0.407 e. The molecule has 3 aliphatic heterocycles. The van der Waals surface area contributed by atoms with Gasteiger partial charge in [0.1, 0.15) is 18.0 Å². The standard InChI is InChI=1S/C28H37N5O4/c1-19-17-32(27(34)35)15-16-33(19)24-22-11-13-28(12-5-8-20-7-3-4-10-23(20)28)37-25(22)30-26(29-24)36-18-21-9-6-14-31(21)2/h3-4,7,10,19,21H,5-6,8-9,11-18H2,1-2H3,(H,34,35)/t19-,21-,28?/m0/s1. The number of anilines is 1. The summed E-state index contributed by atoms with van der Waals surface area (Å²) in [5.41, 5.74) is 3.29. The molecule has 1 aromatic heterocycles. The van der Waals surface area contributed by atoms with Gasteiger partial charge in [-0.05, 0) is 76.6 Å². The van der Waals surface area contributed by atoms with E-state index in [2.05, 4.69) is 48.0 Å². The molecule has 37 heavy (non-hydrogen) atoms. The van der Waals surface area contributed by atoms with Crippen molar-refractivity contribution in [2.24, 2.45) is 0 Å². The number of amides is 1. The van der Waals surface area contributed by atoms with Crippen LogP contribution in [0.2, 0.25) is 0 Å². The monoisotopic (exact) mass is 507 g/mol. The molecular weight excluding hydrogens is 470 g/mol. The smallest absolute Gasteiger partial charge is 0.407 e. The van der Waals surface area contributed by atoms with Gasteiger partial charge in [0.15, 0.2) is 0 Å². The average Bonchev–Trinajstić information content (AvgIpc) is 3.31. The summed E-state index contributed by atoms with van der Waals surface area (Å²) in [6, 6.07) is 9.34. The predicted octanol–water partition coefficient (Wildman–Crippen LogP) is 3.69. The van der Waals surface area contributed by atoms with Gasteiger partial charge in [-0.15, -0.1) is 0 Å². The Morgan fingerprint density at radius 1 is 1.16 bits per heavy atom. The first-order chi connectivity index (χ1) is 17.9. The van der Waals surface area contributed by atoms with E-state index in [9.17, 15) is 9.90 Å². The second-order valence-corrected chi connectivity index (χ2v) is 11.1. The summed E-state index contributed by atoms with van der Waals surface area (Å²) in [6.07, 6.45) is 6.26. The number of hydrogen-bond donors (Lipinski definition) is 1. The van der Waals surface area contributed by atoms with E-state index in [-0.39, 0.29) is 11.6 Å². The molecule has 1 spiro atoms. The van der Waals surface area contributed by atoms with E-state index in [1.807, 2.05) is 0 Å². The number of rotatable bonds is 4. The largest absolute Gasteiger partial charge is 0.466 e. The molecule has 1 amide bonds. The number of hydrogen-bond acceptors (Lipinski definition) is 7.